The minimum atomic E-state index is -0.638. The third kappa shape index (κ3) is 2.49. The average Bonchev–Trinajstić information content (AvgIpc) is 3.15. The number of amidine groups is 1. The van der Waals surface area contributed by atoms with Gasteiger partial charge in [0.1, 0.15) is 6.04 Å². The van der Waals surface area contributed by atoms with Crippen LogP contribution < -0.4 is 0 Å². The van der Waals surface area contributed by atoms with Gasteiger partial charge in [-0.15, -0.1) is 10.1 Å². The number of benzene rings is 2. The van der Waals surface area contributed by atoms with E-state index in [2.05, 4.69) is 10.1 Å². The number of imide groups is 1. The second-order valence-electron chi connectivity index (χ2n) is 7.93. The van der Waals surface area contributed by atoms with Crippen molar-refractivity contribution in [3.05, 3.63) is 48.0 Å². The van der Waals surface area contributed by atoms with Gasteiger partial charge in [-0.05, 0) is 30.2 Å². The Kier molecular flexibility index (Phi) is 3.99. The van der Waals surface area contributed by atoms with E-state index in [4.69, 9.17) is 0 Å². The molecule has 8 nitrogen and oxygen atoms in total. The van der Waals surface area contributed by atoms with Gasteiger partial charge in [-0.1, -0.05) is 47.5 Å². The van der Waals surface area contributed by atoms with Crippen LogP contribution in [0.1, 0.15) is 19.4 Å². The quantitative estimate of drug-likeness (QED) is 0.721. The van der Waals surface area contributed by atoms with Gasteiger partial charge >= 0.3 is 12.0 Å². The number of amides is 3. The summed E-state index contributed by atoms with van der Waals surface area (Å²) in [6.45, 7) is 4.16. The lowest BCUT2D eigenvalue weighted by Gasteiger charge is -2.35. The van der Waals surface area contributed by atoms with Crippen LogP contribution >= 0.6 is 0 Å². The number of hydrogen-bond acceptors (Lipinski definition) is 5. The highest BCUT2D eigenvalue weighted by Crippen LogP contribution is 2.27. The Bertz CT molecular complexity index is 1190. The van der Waals surface area contributed by atoms with Gasteiger partial charge in [-0.3, -0.25) is 14.6 Å². The fraction of sp³-hybridized carbons (Fsp3) is 0.318. The summed E-state index contributed by atoms with van der Waals surface area (Å²) < 4.78 is 1.96. The summed E-state index contributed by atoms with van der Waals surface area (Å²) in [6, 6.07) is 12.8. The van der Waals surface area contributed by atoms with Crippen molar-refractivity contribution in [2.45, 2.75) is 32.5 Å². The number of hydrazone groups is 1. The minimum Gasteiger partial charge on any atom is -0.270 e. The molecule has 0 radical (unpaired) electrons. The van der Waals surface area contributed by atoms with Gasteiger partial charge in [0.2, 0.25) is 11.9 Å². The zero-order valence-electron chi connectivity index (χ0n) is 17.4. The number of likely N-dealkylation sites (N-methyl/N-ethyl adjacent to an activating group) is 1. The van der Waals surface area contributed by atoms with E-state index < -0.39 is 6.04 Å². The van der Waals surface area contributed by atoms with Crippen molar-refractivity contribution in [3.63, 3.8) is 0 Å². The normalized spacial score (nSPS) is 23.7. The van der Waals surface area contributed by atoms with E-state index in [1.807, 2.05) is 60.9 Å². The Balaban J connectivity index is 1.55. The van der Waals surface area contributed by atoms with E-state index in [0.717, 1.165) is 22.0 Å². The van der Waals surface area contributed by atoms with Gasteiger partial charge in [-0.25, -0.2) is 9.37 Å². The number of hydrogen-bond donors (Lipinski definition) is 0. The molecule has 30 heavy (non-hydrogen) atoms. The molecule has 2 unspecified atom stereocenters. The second-order valence-corrected chi connectivity index (χ2v) is 7.93. The van der Waals surface area contributed by atoms with Gasteiger partial charge in [0, 0.05) is 7.05 Å². The van der Waals surface area contributed by atoms with Crippen molar-refractivity contribution < 1.29 is 14.2 Å². The summed E-state index contributed by atoms with van der Waals surface area (Å²) >= 11 is 0. The van der Waals surface area contributed by atoms with E-state index in [9.17, 15) is 9.59 Å². The Morgan fingerprint density at radius 1 is 1.07 bits per heavy atom. The summed E-state index contributed by atoms with van der Waals surface area (Å²) in [4.78, 5) is 34.2. The van der Waals surface area contributed by atoms with Crippen LogP contribution in [-0.4, -0.2) is 75.0 Å². The number of carbonyl (C=O) groups excluding carboxylic acids is 2. The number of fused-ring (bicyclic) bond motifs is 3. The molecule has 2 aromatic rings. The fourth-order valence-corrected chi connectivity index (χ4v) is 4.42. The fourth-order valence-electron chi connectivity index (χ4n) is 4.42. The molecule has 8 heteroatoms. The van der Waals surface area contributed by atoms with E-state index in [-0.39, 0.29) is 24.5 Å². The van der Waals surface area contributed by atoms with Gasteiger partial charge in [0.15, 0.2) is 0 Å². The lowest BCUT2D eigenvalue weighted by atomic mass is 10.0. The maximum absolute atomic E-state index is 13.6. The molecular formula is C22H23N6O2+. The number of urea groups is 1. The van der Waals surface area contributed by atoms with Crippen LogP contribution in [0.2, 0.25) is 0 Å². The first-order chi connectivity index (χ1) is 14.4. The third-order valence-electron chi connectivity index (χ3n) is 6.16. The first-order valence-corrected chi connectivity index (χ1v) is 9.97. The van der Waals surface area contributed by atoms with Crippen LogP contribution in [0.15, 0.2) is 52.6 Å². The molecule has 0 aromatic heterocycles. The zero-order chi connectivity index (χ0) is 21.2. The molecular weight excluding hydrogens is 380 g/mol. The summed E-state index contributed by atoms with van der Waals surface area (Å²) in [6.07, 6.45) is 0. The van der Waals surface area contributed by atoms with Crippen molar-refractivity contribution in [3.8, 4) is 0 Å². The topological polar surface area (TPSA) is 71.6 Å². The molecule has 3 aliphatic rings. The summed E-state index contributed by atoms with van der Waals surface area (Å²) in [5.41, 5.74) is 1.83. The Morgan fingerprint density at radius 3 is 2.60 bits per heavy atom. The maximum Gasteiger partial charge on any atom is 0.416 e. The molecule has 1 fully saturated rings. The number of nitrogens with zero attached hydrogens (tertiary/aromatic N) is 6. The predicted octanol–water partition coefficient (Wildman–Crippen LogP) is 2.09. The first-order valence-electron chi connectivity index (χ1n) is 9.97. The molecule has 2 atom stereocenters. The van der Waals surface area contributed by atoms with Crippen molar-refractivity contribution in [2.75, 3.05) is 14.1 Å². The third-order valence-corrected chi connectivity index (χ3v) is 6.16. The van der Waals surface area contributed by atoms with Crippen molar-refractivity contribution in [2.24, 2.45) is 10.1 Å². The molecule has 0 aliphatic carbocycles. The van der Waals surface area contributed by atoms with E-state index in [1.54, 1.807) is 19.1 Å². The molecule has 0 saturated carbocycles. The molecule has 0 bridgehead atoms. The van der Waals surface area contributed by atoms with Gasteiger partial charge in [0.05, 0.1) is 19.3 Å². The van der Waals surface area contributed by atoms with Crippen molar-refractivity contribution in [1.82, 2.24) is 14.8 Å². The Labute approximate surface area is 174 Å². The number of aliphatic imine (C=N–C) groups is 1. The van der Waals surface area contributed by atoms with Crippen molar-refractivity contribution >= 4 is 40.2 Å². The van der Waals surface area contributed by atoms with Gasteiger partial charge in [-0.2, -0.15) is 0 Å². The highest BCUT2D eigenvalue weighted by Gasteiger charge is 2.55. The number of rotatable bonds is 2. The Hall–Kier alpha value is -3.55. The zero-order valence-corrected chi connectivity index (χ0v) is 17.4. The number of carbonyl (C=O) groups is 2. The molecule has 3 amide bonds. The molecule has 5 rings (SSSR count). The van der Waals surface area contributed by atoms with Crippen LogP contribution in [0.3, 0.4) is 0 Å². The summed E-state index contributed by atoms with van der Waals surface area (Å²) in [5.74, 6) is 0.792. The molecule has 3 aliphatic heterocycles. The van der Waals surface area contributed by atoms with Crippen LogP contribution in [0, 0.1) is 0 Å². The molecule has 152 valence electrons. The SMILES string of the molecule is CC1=NN(C)C2=[N+](C1C)C1C(=O)N(Cc3cccc4ccccc34)C(=O)N(C)C1=N2. The second kappa shape index (κ2) is 6.48. The average molecular weight is 403 g/mol. The van der Waals surface area contributed by atoms with E-state index in [1.165, 1.54) is 9.80 Å². The monoisotopic (exact) mass is 403 g/mol. The molecule has 0 spiro atoms. The van der Waals surface area contributed by atoms with E-state index >= 15 is 0 Å². The maximum atomic E-state index is 13.6. The predicted molar refractivity (Wildman–Crippen MR) is 114 cm³/mol. The molecule has 0 N–H and O–H groups in total. The van der Waals surface area contributed by atoms with Crippen LogP contribution in [-0.2, 0) is 11.3 Å². The van der Waals surface area contributed by atoms with Gasteiger partial charge < -0.3 is 0 Å². The van der Waals surface area contributed by atoms with Crippen LogP contribution in [0.4, 0.5) is 4.79 Å². The largest absolute Gasteiger partial charge is 0.416 e. The number of guanidine groups is 1. The van der Waals surface area contributed by atoms with Gasteiger partial charge in [0.25, 0.3) is 5.91 Å². The summed E-state index contributed by atoms with van der Waals surface area (Å²) in [5, 5.41) is 8.28. The van der Waals surface area contributed by atoms with Crippen molar-refractivity contribution in [1.29, 1.82) is 0 Å². The lowest BCUT2D eigenvalue weighted by molar-refractivity contribution is -0.558. The van der Waals surface area contributed by atoms with Crippen LogP contribution in [0.25, 0.3) is 10.8 Å². The highest BCUT2D eigenvalue weighted by molar-refractivity contribution is 6.23. The first kappa shape index (κ1) is 18.5. The lowest BCUT2D eigenvalue weighted by Crippen LogP contribution is -2.64. The standard InChI is InChI=1S/C22H23N6O2/c1-13-14(2)28-18-19(23-21(28)26(4)24-13)25(3)22(30)27(20(18)29)12-16-10-7-9-15-8-5-6-11-17(15)16/h5-11,14,18H,12H2,1-4H3/q+1. The Morgan fingerprint density at radius 2 is 1.80 bits per heavy atom. The molecule has 1 saturated heterocycles. The smallest absolute Gasteiger partial charge is 0.270 e. The molecule has 2 aromatic carbocycles. The molecule has 3 heterocycles. The van der Waals surface area contributed by atoms with E-state index in [0.29, 0.717) is 11.8 Å². The minimum absolute atomic E-state index is 0.0904. The highest BCUT2D eigenvalue weighted by atomic mass is 16.2. The van der Waals surface area contributed by atoms with Crippen LogP contribution in [0.5, 0.6) is 0 Å². The summed E-state index contributed by atoms with van der Waals surface area (Å²) in [7, 11) is 3.48.